The second-order valence-electron chi connectivity index (χ2n) is 9.14. The van der Waals surface area contributed by atoms with Gasteiger partial charge in [-0.2, -0.15) is 0 Å². The van der Waals surface area contributed by atoms with Crippen LogP contribution in [0.3, 0.4) is 0 Å². The average Bonchev–Trinajstić information content (AvgIpc) is 3.00. The van der Waals surface area contributed by atoms with Crippen molar-refractivity contribution >= 4 is 52.8 Å². The van der Waals surface area contributed by atoms with E-state index in [0.717, 1.165) is 16.0 Å². The molecule has 5 rings (SSSR count). The van der Waals surface area contributed by atoms with Crippen molar-refractivity contribution in [3.8, 4) is 17.2 Å². The number of para-hydroxylation sites is 1. The molecule has 1 heterocycles. The van der Waals surface area contributed by atoms with Crippen LogP contribution in [0.25, 0.3) is 6.08 Å². The molecule has 1 N–H and O–H groups in total. The Hall–Kier alpha value is -4.79. The summed E-state index contributed by atoms with van der Waals surface area (Å²) in [6.45, 7) is 0.568. The molecule has 0 aromatic heterocycles. The van der Waals surface area contributed by atoms with E-state index >= 15 is 0 Å². The van der Waals surface area contributed by atoms with Crippen LogP contribution in [0, 0.1) is 0 Å². The van der Waals surface area contributed by atoms with E-state index in [0.29, 0.717) is 29.4 Å². The Morgan fingerprint density at radius 3 is 2.21 bits per heavy atom. The largest absolute Gasteiger partial charge is 0.493 e. The van der Waals surface area contributed by atoms with Gasteiger partial charge in [-0.3, -0.25) is 14.9 Å². The normalized spacial score (nSPS) is 14.1. The Balaban J connectivity index is 1.34. The first kappa shape index (κ1) is 28.7. The number of benzene rings is 4. The lowest BCUT2D eigenvalue weighted by molar-refractivity contribution is -0.122. The Labute approximate surface area is 252 Å². The Morgan fingerprint density at radius 2 is 1.45 bits per heavy atom. The van der Waals surface area contributed by atoms with Crippen molar-refractivity contribution in [2.75, 3.05) is 12.0 Å². The molecular formula is C32H24Cl2N2O6. The summed E-state index contributed by atoms with van der Waals surface area (Å²) in [5.41, 5.74) is 2.23. The van der Waals surface area contributed by atoms with Crippen molar-refractivity contribution in [1.82, 2.24) is 5.32 Å². The molecule has 0 saturated carbocycles. The van der Waals surface area contributed by atoms with E-state index in [1.54, 1.807) is 31.4 Å². The predicted octanol–water partition coefficient (Wildman–Crippen LogP) is 6.83. The van der Waals surface area contributed by atoms with Gasteiger partial charge in [0.05, 0.1) is 22.8 Å². The predicted molar refractivity (Wildman–Crippen MR) is 160 cm³/mol. The maximum Gasteiger partial charge on any atom is 0.335 e. The highest BCUT2D eigenvalue weighted by Crippen LogP contribution is 2.32. The number of nitrogens with zero attached hydrogens (tertiary/aromatic N) is 1. The summed E-state index contributed by atoms with van der Waals surface area (Å²) >= 11 is 12.1. The van der Waals surface area contributed by atoms with Crippen LogP contribution in [0.2, 0.25) is 10.0 Å². The van der Waals surface area contributed by atoms with E-state index in [9.17, 15) is 14.4 Å². The minimum Gasteiger partial charge on any atom is -0.493 e. The molecule has 4 amide bonds. The van der Waals surface area contributed by atoms with E-state index in [4.69, 9.17) is 37.4 Å². The molecule has 10 heteroatoms. The fourth-order valence-electron chi connectivity index (χ4n) is 4.22. The van der Waals surface area contributed by atoms with Gasteiger partial charge in [0.15, 0.2) is 11.5 Å². The Kier molecular flexibility index (Phi) is 8.76. The molecule has 0 unspecified atom stereocenters. The summed E-state index contributed by atoms with van der Waals surface area (Å²) in [7, 11) is 1.56. The number of ether oxygens (including phenoxy) is 3. The minimum absolute atomic E-state index is 0.156. The molecule has 1 aliphatic rings. The van der Waals surface area contributed by atoms with Crippen LogP contribution >= 0.6 is 23.2 Å². The minimum atomic E-state index is -0.893. The Bertz CT molecular complexity index is 1690. The third kappa shape index (κ3) is 6.40. The van der Waals surface area contributed by atoms with Crippen LogP contribution in [-0.4, -0.2) is 25.0 Å². The maximum absolute atomic E-state index is 13.3. The SMILES string of the molecule is COc1cc(COc2ccccc2/C=C2/C(=O)NC(=O)N(c3ccc(Cl)c(Cl)c3)C2=O)ccc1OCc1ccccc1. The zero-order valence-corrected chi connectivity index (χ0v) is 23.8. The number of urea groups is 1. The lowest BCUT2D eigenvalue weighted by Gasteiger charge is -2.26. The van der Waals surface area contributed by atoms with Crippen molar-refractivity contribution in [1.29, 1.82) is 0 Å². The number of carbonyl (C=O) groups excluding carboxylic acids is 3. The number of carbonyl (C=O) groups is 3. The summed E-state index contributed by atoms with van der Waals surface area (Å²) < 4.78 is 17.5. The molecule has 0 atom stereocenters. The van der Waals surface area contributed by atoms with Crippen molar-refractivity contribution in [3.05, 3.63) is 123 Å². The first-order valence-corrected chi connectivity index (χ1v) is 13.5. The molecular weight excluding hydrogens is 579 g/mol. The topological polar surface area (TPSA) is 94.2 Å². The van der Waals surface area contributed by atoms with Crippen LogP contribution in [0.5, 0.6) is 17.2 Å². The molecule has 8 nitrogen and oxygen atoms in total. The zero-order chi connectivity index (χ0) is 29.6. The fraction of sp³-hybridized carbons (Fsp3) is 0.0938. The van der Waals surface area contributed by atoms with Crippen LogP contribution in [0.1, 0.15) is 16.7 Å². The number of rotatable bonds is 9. The highest BCUT2D eigenvalue weighted by atomic mass is 35.5. The van der Waals surface area contributed by atoms with Crippen molar-refractivity contribution in [2.45, 2.75) is 13.2 Å². The highest BCUT2D eigenvalue weighted by Gasteiger charge is 2.37. The third-order valence-electron chi connectivity index (χ3n) is 6.34. The van der Waals surface area contributed by atoms with Crippen LogP contribution in [0.15, 0.2) is 96.6 Å². The van der Waals surface area contributed by atoms with Gasteiger partial charge in [-0.05, 0) is 53.6 Å². The van der Waals surface area contributed by atoms with Gasteiger partial charge in [0.1, 0.15) is 24.5 Å². The smallest absolute Gasteiger partial charge is 0.335 e. The molecule has 0 radical (unpaired) electrons. The van der Waals surface area contributed by atoms with Gasteiger partial charge in [0, 0.05) is 5.56 Å². The van der Waals surface area contributed by atoms with Gasteiger partial charge in [-0.1, -0.05) is 77.8 Å². The number of halogens is 2. The van der Waals surface area contributed by atoms with E-state index < -0.39 is 17.8 Å². The number of imide groups is 2. The molecule has 1 saturated heterocycles. The monoisotopic (exact) mass is 602 g/mol. The fourth-order valence-corrected chi connectivity index (χ4v) is 4.51. The molecule has 1 aliphatic heterocycles. The van der Waals surface area contributed by atoms with E-state index in [1.165, 1.54) is 24.3 Å². The van der Waals surface area contributed by atoms with Crippen LogP contribution < -0.4 is 24.4 Å². The zero-order valence-electron chi connectivity index (χ0n) is 22.3. The Morgan fingerprint density at radius 1 is 0.738 bits per heavy atom. The second kappa shape index (κ2) is 12.8. The molecule has 4 aromatic rings. The summed E-state index contributed by atoms with van der Waals surface area (Å²) in [6, 6.07) is 25.6. The summed E-state index contributed by atoms with van der Waals surface area (Å²) in [5, 5.41) is 2.61. The number of methoxy groups -OCH3 is 1. The van der Waals surface area contributed by atoms with Gasteiger partial charge in [-0.15, -0.1) is 0 Å². The molecule has 212 valence electrons. The molecule has 0 aliphatic carbocycles. The number of hydrogen-bond donors (Lipinski definition) is 1. The highest BCUT2D eigenvalue weighted by molar-refractivity contribution is 6.43. The first-order valence-electron chi connectivity index (χ1n) is 12.8. The second-order valence-corrected chi connectivity index (χ2v) is 9.96. The third-order valence-corrected chi connectivity index (χ3v) is 7.08. The van der Waals surface area contributed by atoms with Crippen LogP contribution in [-0.2, 0) is 22.8 Å². The number of anilines is 1. The maximum atomic E-state index is 13.3. The van der Waals surface area contributed by atoms with Crippen molar-refractivity contribution < 1.29 is 28.6 Å². The first-order chi connectivity index (χ1) is 20.3. The van der Waals surface area contributed by atoms with Gasteiger partial charge >= 0.3 is 6.03 Å². The molecule has 4 aromatic carbocycles. The molecule has 1 fully saturated rings. The lowest BCUT2D eigenvalue weighted by atomic mass is 10.1. The number of barbiturate groups is 1. The van der Waals surface area contributed by atoms with E-state index in [-0.39, 0.29) is 27.9 Å². The van der Waals surface area contributed by atoms with Crippen molar-refractivity contribution in [2.24, 2.45) is 0 Å². The standard InChI is InChI=1S/C32H24Cl2N2O6/c1-40-29-15-21(11-14-28(29)42-18-20-7-3-2-4-8-20)19-41-27-10-6-5-9-22(27)16-24-30(37)35-32(39)36(31(24)38)23-12-13-25(33)26(34)17-23/h2-17H,18-19H2,1H3,(H,35,37,39)/b24-16-. The molecule has 0 spiro atoms. The number of amides is 4. The molecule has 0 bridgehead atoms. The van der Waals surface area contributed by atoms with Crippen molar-refractivity contribution in [3.63, 3.8) is 0 Å². The van der Waals surface area contributed by atoms with Gasteiger partial charge < -0.3 is 14.2 Å². The summed E-state index contributed by atoms with van der Waals surface area (Å²) in [5.74, 6) is -0.0659. The van der Waals surface area contributed by atoms with Gasteiger partial charge in [-0.25, -0.2) is 9.69 Å². The quantitative estimate of drug-likeness (QED) is 0.167. The molecule has 42 heavy (non-hydrogen) atoms. The number of hydrogen-bond acceptors (Lipinski definition) is 6. The summed E-state index contributed by atoms with van der Waals surface area (Å²) in [4.78, 5) is 39.4. The summed E-state index contributed by atoms with van der Waals surface area (Å²) in [6.07, 6.45) is 1.38. The average molecular weight is 603 g/mol. The van der Waals surface area contributed by atoms with Gasteiger partial charge in [0.25, 0.3) is 11.8 Å². The van der Waals surface area contributed by atoms with E-state index in [2.05, 4.69) is 5.32 Å². The van der Waals surface area contributed by atoms with Crippen LogP contribution in [0.4, 0.5) is 10.5 Å². The van der Waals surface area contributed by atoms with E-state index in [1.807, 2.05) is 48.5 Å². The van der Waals surface area contributed by atoms with Gasteiger partial charge in [0.2, 0.25) is 0 Å². The number of nitrogens with one attached hydrogen (secondary N) is 1. The lowest BCUT2D eigenvalue weighted by Crippen LogP contribution is -2.54.